The topological polar surface area (TPSA) is 78.6 Å². The van der Waals surface area contributed by atoms with E-state index in [0.717, 1.165) is 12.8 Å². The summed E-state index contributed by atoms with van der Waals surface area (Å²) in [4.78, 5) is 0. The Morgan fingerprint density at radius 3 is 2.15 bits per heavy atom. The van der Waals surface area contributed by atoms with Gasteiger partial charge < -0.3 is 9.47 Å². The molecular weight excluding hydrogens is 278 g/mol. The molecular formula is C14H29NO4S. The third-order valence-corrected chi connectivity index (χ3v) is 4.71. The Labute approximate surface area is 123 Å². The van der Waals surface area contributed by atoms with Crippen molar-refractivity contribution in [2.24, 2.45) is 16.5 Å². The van der Waals surface area contributed by atoms with Crippen molar-refractivity contribution in [3.05, 3.63) is 0 Å². The predicted octanol–water partition coefficient (Wildman–Crippen LogP) is 1.91. The molecule has 0 bridgehead atoms. The van der Waals surface area contributed by atoms with Crippen molar-refractivity contribution >= 4 is 10.0 Å². The number of nitrogens with two attached hydrogens (primary N) is 1. The zero-order chi connectivity index (χ0) is 15.6. The molecule has 3 unspecified atom stereocenters. The predicted molar refractivity (Wildman–Crippen MR) is 79.9 cm³/mol. The van der Waals surface area contributed by atoms with Gasteiger partial charge in [0.1, 0.15) is 0 Å². The summed E-state index contributed by atoms with van der Waals surface area (Å²) in [6, 6.07) is 0. The zero-order valence-corrected chi connectivity index (χ0v) is 14.1. The average molecular weight is 307 g/mol. The molecule has 0 saturated carbocycles. The lowest BCUT2D eigenvalue weighted by atomic mass is 9.82. The van der Waals surface area contributed by atoms with Crippen LogP contribution >= 0.6 is 0 Å². The van der Waals surface area contributed by atoms with Crippen molar-refractivity contribution in [3.63, 3.8) is 0 Å². The van der Waals surface area contributed by atoms with Gasteiger partial charge in [0.25, 0.3) is 0 Å². The lowest BCUT2D eigenvalue weighted by Crippen LogP contribution is -2.39. The molecule has 2 N–H and O–H groups in total. The number of sulfonamides is 1. The van der Waals surface area contributed by atoms with Crippen LogP contribution in [0.25, 0.3) is 0 Å². The molecule has 0 radical (unpaired) electrons. The summed E-state index contributed by atoms with van der Waals surface area (Å²) in [7, 11) is -3.49. The first-order valence-corrected chi connectivity index (χ1v) is 8.96. The average Bonchev–Trinajstić information content (AvgIpc) is 2.19. The van der Waals surface area contributed by atoms with Gasteiger partial charge in [-0.05, 0) is 32.1 Å². The molecule has 0 aromatic rings. The maximum atomic E-state index is 11.3. The Kier molecular flexibility index (Phi) is 6.01. The van der Waals surface area contributed by atoms with Gasteiger partial charge in [0.15, 0.2) is 0 Å². The second-order valence-corrected chi connectivity index (χ2v) is 8.74. The SMILES string of the molecule is CC1CC(OCC(CS(N)(=O)=O)C(C)(C)C)CC(C)O1. The molecule has 1 aliphatic rings. The molecule has 1 aliphatic heterocycles. The Hall–Kier alpha value is -0.170. The van der Waals surface area contributed by atoms with E-state index in [0.29, 0.717) is 6.61 Å². The van der Waals surface area contributed by atoms with Gasteiger partial charge in [-0.3, -0.25) is 0 Å². The Morgan fingerprint density at radius 2 is 1.75 bits per heavy atom. The van der Waals surface area contributed by atoms with Crippen molar-refractivity contribution < 1.29 is 17.9 Å². The van der Waals surface area contributed by atoms with E-state index in [1.807, 2.05) is 34.6 Å². The number of primary sulfonamides is 1. The van der Waals surface area contributed by atoms with Gasteiger partial charge in [-0.2, -0.15) is 0 Å². The van der Waals surface area contributed by atoms with Crippen LogP contribution < -0.4 is 5.14 Å². The molecule has 0 aromatic heterocycles. The minimum atomic E-state index is -3.49. The Balaban J connectivity index is 2.58. The monoisotopic (exact) mass is 307 g/mol. The van der Waals surface area contributed by atoms with Gasteiger partial charge in [-0.25, -0.2) is 13.6 Å². The van der Waals surface area contributed by atoms with Gasteiger partial charge >= 0.3 is 0 Å². The summed E-state index contributed by atoms with van der Waals surface area (Å²) < 4.78 is 34.3. The number of rotatable bonds is 5. The fraction of sp³-hybridized carbons (Fsp3) is 1.00. The summed E-state index contributed by atoms with van der Waals surface area (Å²) in [5.74, 6) is -0.142. The van der Waals surface area contributed by atoms with Crippen LogP contribution in [0.1, 0.15) is 47.5 Å². The zero-order valence-electron chi connectivity index (χ0n) is 13.3. The molecule has 0 aliphatic carbocycles. The number of hydrogen-bond donors (Lipinski definition) is 1. The highest BCUT2D eigenvalue weighted by atomic mass is 32.2. The van der Waals surface area contributed by atoms with Crippen LogP contribution in [0, 0.1) is 11.3 Å². The van der Waals surface area contributed by atoms with E-state index < -0.39 is 10.0 Å². The normalized spacial score (nSPS) is 30.2. The van der Waals surface area contributed by atoms with E-state index in [2.05, 4.69) is 0 Å². The summed E-state index contributed by atoms with van der Waals surface area (Å²) in [5, 5.41) is 5.18. The minimum Gasteiger partial charge on any atom is -0.378 e. The van der Waals surface area contributed by atoms with Crippen molar-refractivity contribution in [1.29, 1.82) is 0 Å². The van der Waals surface area contributed by atoms with E-state index in [-0.39, 0.29) is 35.4 Å². The second kappa shape index (κ2) is 6.73. The minimum absolute atomic E-state index is 0.0369. The Morgan fingerprint density at radius 1 is 1.25 bits per heavy atom. The molecule has 6 heteroatoms. The van der Waals surface area contributed by atoms with Crippen molar-refractivity contribution in [3.8, 4) is 0 Å². The molecule has 20 heavy (non-hydrogen) atoms. The van der Waals surface area contributed by atoms with E-state index in [1.54, 1.807) is 0 Å². The highest BCUT2D eigenvalue weighted by molar-refractivity contribution is 7.89. The quantitative estimate of drug-likeness (QED) is 0.841. The molecule has 3 atom stereocenters. The molecule has 5 nitrogen and oxygen atoms in total. The van der Waals surface area contributed by atoms with Crippen molar-refractivity contribution in [2.75, 3.05) is 12.4 Å². The highest BCUT2D eigenvalue weighted by Gasteiger charge is 2.31. The first-order chi connectivity index (χ1) is 8.97. The van der Waals surface area contributed by atoms with Crippen LogP contribution in [-0.2, 0) is 19.5 Å². The molecule has 1 saturated heterocycles. The van der Waals surface area contributed by atoms with Crippen molar-refractivity contribution in [2.45, 2.75) is 65.8 Å². The van der Waals surface area contributed by atoms with E-state index >= 15 is 0 Å². The third kappa shape index (κ3) is 6.52. The van der Waals surface area contributed by atoms with Gasteiger partial charge in [0.2, 0.25) is 10.0 Å². The smallest absolute Gasteiger partial charge is 0.209 e. The van der Waals surface area contributed by atoms with Crippen LogP contribution in [0.3, 0.4) is 0 Å². The molecule has 120 valence electrons. The van der Waals surface area contributed by atoms with Crippen LogP contribution in [0.5, 0.6) is 0 Å². The van der Waals surface area contributed by atoms with Crippen LogP contribution in [-0.4, -0.2) is 39.1 Å². The molecule has 1 fully saturated rings. The lowest BCUT2D eigenvalue weighted by Gasteiger charge is -2.35. The summed E-state index contributed by atoms with van der Waals surface area (Å²) in [6.07, 6.45) is 2.23. The molecule has 0 aromatic carbocycles. The molecule has 1 rings (SSSR count). The molecule has 1 heterocycles. The number of ether oxygens (including phenoxy) is 2. The molecule has 0 amide bonds. The van der Waals surface area contributed by atoms with Gasteiger partial charge in [-0.15, -0.1) is 0 Å². The van der Waals surface area contributed by atoms with Crippen LogP contribution in [0.4, 0.5) is 0 Å². The summed E-state index contributed by atoms with van der Waals surface area (Å²) in [5.41, 5.74) is -0.158. The maximum absolute atomic E-state index is 11.3. The van der Waals surface area contributed by atoms with Crippen LogP contribution in [0.2, 0.25) is 0 Å². The standard InChI is InChI=1S/C14H29NO4S/c1-10-6-13(7-11(2)19-10)18-8-12(14(3,4)5)9-20(15,16)17/h10-13H,6-9H2,1-5H3,(H2,15,16,17). The maximum Gasteiger partial charge on any atom is 0.209 e. The van der Waals surface area contributed by atoms with Gasteiger partial charge in [-0.1, -0.05) is 20.8 Å². The fourth-order valence-corrected chi connectivity index (χ4v) is 3.72. The summed E-state index contributed by atoms with van der Waals surface area (Å²) in [6.45, 7) is 10.5. The number of hydrogen-bond acceptors (Lipinski definition) is 4. The van der Waals surface area contributed by atoms with E-state index in [4.69, 9.17) is 14.6 Å². The largest absolute Gasteiger partial charge is 0.378 e. The van der Waals surface area contributed by atoms with Gasteiger partial charge in [0.05, 0.1) is 30.7 Å². The first kappa shape index (κ1) is 17.9. The lowest BCUT2D eigenvalue weighted by molar-refractivity contribution is -0.110. The highest BCUT2D eigenvalue weighted by Crippen LogP contribution is 2.29. The third-order valence-electron chi connectivity index (χ3n) is 3.85. The van der Waals surface area contributed by atoms with E-state index in [1.165, 1.54) is 0 Å². The van der Waals surface area contributed by atoms with Gasteiger partial charge in [0, 0.05) is 5.92 Å². The van der Waals surface area contributed by atoms with Crippen LogP contribution in [0.15, 0.2) is 0 Å². The molecule has 0 spiro atoms. The fourth-order valence-electron chi connectivity index (χ4n) is 2.56. The van der Waals surface area contributed by atoms with Crippen molar-refractivity contribution in [1.82, 2.24) is 0 Å². The van der Waals surface area contributed by atoms with E-state index in [9.17, 15) is 8.42 Å². The Bertz CT molecular complexity index is 392. The second-order valence-electron chi connectivity index (χ2n) is 7.08. The first-order valence-electron chi connectivity index (χ1n) is 7.25. The summed E-state index contributed by atoms with van der Waals surface area (Å²) >= 11 is 0.